The van der Waals surface area contributed by atoms with Gasteiger partial charge in [0.15, 0.2) is 0 Å². The first kappa shape index (κ1) is 11.7. The van der Waals surface area contributed by atoms with Crippen LogP contribution in [-0.4, -0.2) is 22.0 Å². The van der Waals surface area contributed by atoms with Gasteiger partial charge in [-0.25, -0.2) is 9.97 Å². The lowest BCUT2D eigenvalue weighted by Gasteiger charge is -2.18. The molecule has 0 aliphatic rings. The number of hydrogen-bond acceptors (Lipinski definition) is 4. The fourth-order valence-corrected chi connectivity index (χ4v) is 2.33. The van der Waals surface area contributed by atoms with Gasteiger partial charge in [0, 0.05) is 29.5 Å². The maximum absolute atomic E-state index is 4.39. The van der Waals surface area contributed by atoms with Crippen molar-refractivity contribution in [3.05, 3.63) is 66.4 Å². The lowest BCUT2D eigenvalue weighted by Crippen LogP contribution is -2.18. The van der Waals surface area contributed by atoms with Crippen molar-refractivity contribution < 1.29 is 0 Å². The summed E-state index contributed by atoms with van der Waals surface area (Å²) in [6, 6.07) is 10.2. The second-order valence-electron chi connectivity index (χ2n) is 4.31. The molecule has 4 heteroatoms. The van der Waals surface area contributed by atoms with E-state index in [1.165, 1.54) is 5.56 Å². The van der Waals surface area contributed by atoms with Gasteiger partial charge in [-0.3, -0.25) is 4.98 Å². The van der Waals surface area contributed by atoms with E-state index in [1.54, 1.807) is 6.33 Å². The first-order chi connectivity index (χ1) is 9.40. The molecule has 3 aromatic rings. The van der Waals surface area contributed by atoms with E-state index in [1.807, 2.05) is 49.9 Å². The summed E-state index contributed by atoms with van der Waals surface area (Å²) in [4.78, 5) is 12.6. The second-order valence-corrected chi connectivity index (χ2v) is 4.31. The van der Waals surface area contributed by atoms with E-state index in [4.69, 9.17) is 0 Å². The number of nitrogens with zero attached hydrogens (tertiary/aromatic N) is 3. The predicted octanol–water partition coefficient (Wildman–Crippen LogP) is 2.33. The summed E-state index contributed by atoms with van der Waals surface area (Å²) in [6.07, 6.45) is 7.05. The number of benzene rings is 1. The molecule has 2 heterocycles. The zero-order valence-corrected chi connectivity index (χ0v) is 10.6. The topological polar surface area (TPSA) is 50.7 Å². The van der Waals surface area contributed by atoms with E-state index < -0.39 is 0 Å². The number of pyridine rings is 1. The molecule has 2 aromatic heterocycles. The van der Waals surface area contributed by atoms with Crippen molar-refractivity contribution in [3.8, 4) is 0 Å². The van der Waals surface area contributed by atoms with Crippen LogP contribution in [0.25, 0.3) is 10.9 Å². The highest BCUT2D eigenvalue weighted by atomic mass is 14.9. The van der Waals surface area contributed by atoms with Crippen LogP contribution in [0.4, 0.5) is 0 Å². The van der Waals surface area contributed by atoms with Crippen molar-refractivity contribution >= 4 is 10.9 Å². The number of rotatable bonds is 3. The van der Waals surface area contributed by atoms with Gasteiger partial charge in [0.05, 0.1) is 11.6 Å². The van der Waals surface area contributed by atoms with Crippen LogP contribution in [-0.2, 0) is 0 Å². The summed E-state index contributed by atoms with van der Waals surface area (Å²) in [5, 5.41) is 4.47. The minimum absolute atomic E-state index is 0.0640. The summed E-state index contributed by atoms with van der Waals surface area (Å²) in [6.45, 7) is 0. The lowest BCUT2D eigenvalue weighted by molar-refractivity contribution is 0.689. The predicted molar refractivity (Wildman–Crippen MR) is 74.7 cm³/mol. The molecule has 0 saturated carbocycles. The number of para-hydroxylation sites is 1. The van der Waals surface area contributed by atoms with Crippen LogP contribution in [0, 0.1) is 0 Å². The van der Waals surface area contributed by atoms with Gasteiger partial charge in [0.1, 0.15) is 6.33 Å². The Hall–Kier alpha value is -2.33. The van der Waals surface area contributed by atoms with Gasteiger partial charge >= 0.3 is 0 Å². The first-order valence-corrected chi connectivity index (χ1v) is 6.16. The Labute approximate surface area is 111 Å². The summed E-state index contributed by atoms with van der Waals surface area (Å²) >= 11 is 0. The van der Waals surface area contributed by atoms with Crippen LogP contribution < -0.4 is 5.32 Å². The molecule has 1 N–H and O–H groups in total. The summed E-state index contributed by atoms with van der Waals surface area (Å²) in [5.41, 5.74) is 3.22. The van der Waals surface area contributed by atoms with E-state index in [0.717, 1.165) is 16.5 Å². The molecule has 94 valence electrons. The third-order valence-electron chi connectivity index (χ3n) is 3.20. The number of hydrogen-bond donors (Lipinski definition) is 1. The number of nitrogens with one attached hydrogen (secondary N) is 1. The Morgan fingerprint density at radius 1 is 1.05 bits per heavy atom. The molecule has 3 rings (SSSR count). The second kappa shape index (κ2) is 5.12. The maximum atomic E-state index is 4.39. The maximum Gasteiger partial charge on any atom is 0.115 e. The highest BCUT2D eigenvalue weighted by Crippen LogP contribution is 2.26. The van der Waals surface area contributed by atoms with Crippen molar-refractivity contribution in [2.24, 2.45) is 0 Å². The van der Waals surface area contributed by atoms with Crippen LogP contribution in [0.15, 0.2) is 55.2 Å². The zero-order chi connectivity index (χ0) is 13.1. The number of fused-ring (bicyclic) bond motifs is 1. The molecule has 0 aliphatic carbocycles. The Kier molecular flexibility index (Phi) is 3.16. The lowest BCUT2D eigenvalue weighted by atomic mass is 9.98. The van der Waals surface area contributed by atoms with Gasteiger partial charge < -0.3 is 5.32 Å². The van der Waals surface area contributed by atoms with E-state index >= 15 is 0 Å². The molecule has 0 bridgehead atoms. The average Bonchev–Trinajstić information content (AvgIpc) is 2.49. The molecular weight excluding hydrogens is 236 g/mol. The van der Waals surface area contributed by atoms with Crippen molar-refractivity contribution in [2.75, 3.05) is 7.05 Å². The standard InChI is InChI=1S/C15H14N4/c1-16-15(11-8-17-10-18-9-11)13-6-7-19-14-5-3-2-4-12(13)14/h2-10,15-16H,1H3. The first-order valence-electron chi connectivity index (χ1n) is 6.16. The zero-order valence-electron chi connectivity index (χ0n) is 10.6. The van der Waals surface area contributed by atoms with Crippen LogP contribution in [0.3, 0.4) is 0 Å². The van der Waals surface area contributed by atoms with E-state index in [2.05, 4.69) is 26.3 Å². The van der Waals surface area contributed by atoms with Gasteiger partial charge in [-0.1, -0.05) is 18.2 Å². The van der Waals surface area contributed by atoms with E-state index in [0.29, 0.717) is 0 Å². The SMILES string of the molecule is CNC(c1cncnc1)c1ccnc2ccccc12. The van der Waals surface area contributed by atoms with Gasteiger partial charge in [0.2, 0.25) is 0 Å². The molecule has 0 spiro atoms. The Bertz CT molecular complexity index is 677. The molecule has 1 aromatic carbocycles. The minimum atomic E-state index is 0.0640. The molecule has 0 amide bonds. The molecule has 1 unspecified atom stereocenters. The highest BCUT2D eigenvalue weighted by Gasteiger charge is 2.15. The molecule has 0 fully saturated rings. The molecule has 0 saturated heterocycles. The fraction of sp³-hybridized carbons (Fsp3) is 0.133. The summed E-state index contributed by atoms with van der Waals surface area (Å²) < 4.78 is 0. The van der Waals surface area contributed by atoms with Gasteiger partial charge in [-0.2, -0.15) is 0 Å². The summed E-state index contributed by atoms with van der Waals surface area (Å²) in [5.74, 6) is 0. The molecule has 19 heavy (non-hydrogen) atoms. The molecule has 0 radical (unpaired) electrons. The minimum Gasteiger partial charge on any atom is -0.309 e. The van der Waals surface area contributed by atoms with Crippen molar-refractivity contribution in [1.29, 1.82) is 0 Å². The third kappa shape index (κ3) is 2.18. The average molecular weight is 250 g/mol. The normalized spacial score (nSPS) is 12.5. The highest BCUT2D eigenvalue weighted by molar-refractivity contribution is 5.82. The van der Waals surface area contributed by atoms with Crippen LogP contribution in [0.1, 0.15) is 17.2 Å². The van der Waals surface area contributed by atoms with Gasteiger partial charge in [-0.15, -0.1) is 0 Å². The van der Waals surface area contributed by atoms with Crippen molar-refractivity contribution in [1.82, 2.24) is 20.3 Å². The Morgan fingerprint density at radius 3 is 2.63 bits per heavy atom. The summed E-state index contributed by atoms with van der Waals surface area (Å²) in [7, 11) is 1.94. The Balaban J connectivity index is 2.17. The van der Waals surface area contributed by atoms with Gasteiger partial charge in [-0.05, 0) is 24.7 Å². The van der Waals surface area contributed by atoms with Crippen molar-refractivity contribution in [3.63, 3.8) is 0 Å². The monoisotopic (exact) mass is 250 g/mol. The molecule has 0 aliphatic heterocycles. The number of aromatic nitrogens is 3. The van der Waals surface area contributed by atoms with Crippen LogP contribution in [0.5, 0.6) is 0 Å². The van der Waals surface area contributed by atoms with Gasteiger partial charge in [0.25, 0.3) is 0 Å². The third-order valence-corrected chi connectivity index (χ3v) is 3.20. The largest absolute Gasteiger partial charge is 0.309 e. The molecule has 1 atom stereocenters. The van der Waals surface area contributed by atoms with Crippen LogP contribution in [0.2, 0.25) is 0 Å². The molecule has 4 nitrogen and oxygen atoms in total. The van der Waals surface area contributed by atoms with Crippen LogP contribution >= 0.6 is 0 Å². The van der Waals surface area contributed by atoms with E-state index in [9.17, 15) is 0 Å². The Morgan fingerprint density at radius 2 is 1.84 bits per heavy atom. The molecular formula is C15H14N4. The quantitative estimate of drug-likeness (QED) is 0.775. The van der Waals surface area contributed by atoms with Crippen molar-refractivity contribution in [2.45, 2.75) is 6.04 Å². The van der Waals surface area contributed by atoms with E-state index in [-0.39, 0.29) is 6.04 Å². The fourth-order valence-electron chi connectivity index (χ4n) is 2.33. The smallest absolute Gasteiger partial charge is 0.115 e.